The Bertz CT molecular complexity index is 2410. The molecule has 0 saturated carbocycles. The quantitative estimate of drug-likeness (QED) is 0.156. The molecule has 322 valence electrons. The number of benzene rings is 3. The summed E-state index contributed by atoms with van der Waals surface area (Å²) in [6.45, 7) is 13.5. The zero-order valence-corrected chi connectivity index (χ0v) is 36.1. The van der Waals surface area contributed by atoms with Gasteiger partial charge in [0.05, 0.1) is 37.6 Å². The Kier molecular flexibility index (Phi) is 10.0. The molecule has 2 unspecified atom stereocenters. The summed E-state index contributed by atoms with van der Waals surface area (Å²) >= 11 is 1.45. The fourth-order valence-electron chi connectivity index (χ4n) is 10.6. The molecule has 4 bridgehead atoms. The SMILES string of the molecule is C=CCN1C2c3c(cc(C)c(OC)c3O)CC1[C@H](C#N)N1[C@H]2[C@@H]2SC[C@]3(NCCc4cc(OC(=O)OC(C)(C)C)c(OC)cc43)C(=O)OC[C@H]1c1c3c(c(C)c(O)c12)OCO3. The van der Waals surface area contributed by atoms with Crippen molar-refractivity contribution in [2.75, 3.05) is 46.5 Å². The smallest absolute Gasteiger partial charge is 0.507 e. The third kappa shape index (κ3) is 6.18. The van der Waals surface area contributed by atoms with Gasteiger partial charge in [0.25, 0.3) is 0 Å². The number of nitrogens with zero attached hydrogens (tertiary/aromatic N) is 3. The molecule has 3 aromatic rings. The third-order valence-electron chi connectivity index (χ3n) is 12.9. The van der Waals surface area contributed by atoms with Gasteiger partial charge in [0, 0.05) is 53.2 Å². The Morgan fingerprint density at radius 1 is 1.07 bits per heavy atom. The average Bonchev–Trinajstić information content (AvgIpc) is 3.70. The molecule has 7 aliphatic heterocycles. The molecule has 61 heavy (non-hydrogen) atoms. The summed E-state index contributed by atoms with van der Waals surface area (Å²) in [5.74, 6) is 1.20. The van der Waals surface area contributed by atoms with E-state index in [9.17, 15) is 25.1 Å². The molecule has 3 aromatic carbocycles. The van der Waals surface area contributed by atoms with Gasteiger partial charge in [-0.25, -0.2) is 9.59 Å². The van der Waals surface area contributed by atoms with Gasteiger partial charge >= 0.3 is 12.1 Å². The van der Waals surface area contributed by atoms with E-state index in [0.717, 1.165) is 16.7 Å². The van der Waals surface area contributed by atoms with E-state index < -0.39 is 52.7 Å². The van der Waals surface area contributed by atoms with Crippen molar-refractivity contribution < 1.29 is 53.0 Å². The summed E-state index contributed by atoms with van der Waals surface area (Å²) in [4.78, 5) is 32.2. The topological polar surface area (TPSA) is 182 Å². The highest BCUT2D eigenvalue weighted by molar-refractivity contribution is 7.99. The lowest BCUT2D eigenvalue weighted by molar-refractivity contribution is -0.157. The molecule has 2 fully saturated rings. The first kappa shape index (κ1) is 41.0. The van der Waals surface area contributed by atoms with Crippen LogP contribution in [0.4, 0.5) is 4.79 Å². The Balaban J connectivity index is 1.25. The summed E-state index contributed by atoms with van der Waals surface area (Å²) in [6.07, 6.45) is 1.88. The van der Waals surface area contributed by atoms with Crippen molar-refractivity contribution in [3.63, 3.8) is 0 Å². The molecule has 7 aliphatic rings. The van der Waals surface area contributed by atoms with E-state index in [1.807, 2.05) is 19.1 Å². The Hall–Kier alpha value is -5.34. The zero-order chi connectivity index (χ0) is 43.3. The fraction of sp³-hybridized carbons (Fsp3) is 0.489. The first-order chi connectivity index (χ1) is 29.2. The molecule has 0 aromatic heterocycles. The first-order valence-electron chi connectivity index (χ1n) is 20.4. The number of esters is 1. The summed E-state index contributed by atoms with van der Waals surface area (Å²) in [6, 6.07) is 5.14. The number of hydrogen-bond donors (Lipinski definition) is 3. The van der Waals surface area contributed by atoms with Gasteiger partial charge in [-0.3, -0.25) is 15.1 Å². The molecule has 10 rings (SSSR count). The molecular weight excluding hydrogens is 805 g/mol. The molecule has 15 nitrogen and oxygen atoms in total. The number of nitriles is 1. The lowest BCUT2D eigenvalue weighted by atomic mass is 9.71. The highest BCUT2D eigenvalue weighted by atomic mass is 32.2. The van der Waals surface area contributed by atoms with Crippen LogP contribution in [-0.4, -0.2) is 102 Å². The van der Waals surface area contributed by atoms with Gasteiger partial charge in [-0.2, -0.15) is 5.26 Å². The minimum absolute atomic E-state index is 0.0249. The average molecular weight is 855 g/mol. The number of rotatable bonds is 5. The molecule has 7 heterocycles. The van der Waals surface area contributed by atoms with E-state index >= 15 is 0 Å². The number of phenols is 2. The van der Waals surface area contributed by atoms with Gasteiger partial charge < -0.3 is 43.4 Å². The van der Waals surface area contributed by atoms with Crippen molar-refractivity contribution in [3.05, 3.63) is 75.4 Å². The minimum atomic E-state index is -1.43. The number of thioether (sulfide) groups is 1. The maximum Gasteiger partial charge on any atom is 0.514 e. The van der Waals surface area contributed by atoms with Gasteiger partial charge in [0.1, 0.15) is 24.0 Å². The van der Waals surface area contributed by atoms with Crippen molar-refractivity contribution in [3.8, 4) is 46.3 Å². The Morgan fingerprint density at radius 3 is 2.54 bits per heavy atom. The van der Waals surface area contributed by atoms with Crippen LogP contribution in [0.25, 0.3) is 0 Å². The van der Waals surface area contributed by atoms with Crippen LogP contribution in [0, 0.1) is 25.2 Å². The number of fused-ring (bicyclic) bond motifs is 9. The summed E-state index contributed by atoms with van der Waals surface area (Å²) in [5, 5.41) is 38.8. The zero-order valence-electron chi connectivity index (χ0n) is 35.2. The highest BCUT2D eigenvalue weighted by Gasteiger charge is 2.62. The number of nitrogens with one attached hydrogen (secondary N) is 1. The van der Waals surface area contributed by atoms with Gasteiger partial charge in [0.15, 0.2) is 40.0 Å². The highest BCUT2D eigenvalue weighted by Crippen LogP contribution is 2.64. The molecule has 2 saturated heterocycles. The molecule has 7 atom stereocenters. The standard InChI is InChI=1S/C45H50N4O11S/c1-9-12-48-26-14-24-13-21(2)38(55-8)37(51)31(24)34(48)35-41-33-32(40-39(57-20-58-40)22(3)36(33)50)28(49(35)27(26)17-46)18-56-42(52)45(19-61-41)25-16-29(54-7)30(15-23(25)10-11-47-45)59-43(53)60-44(4,5)6/h9,13,15-16,26-28,34-35,41,47,50-51H,1,10-12,14,18-20H2,2-8H3/t26?,27-,28-,34?,35+,41+,45+/m0/s1. The van der Waals surface area contributed by atoms with E-state index in [2.05, 4.69) is 27.8 Å². The number of phenolic OH excluding ortho intramolecular Hbond substituents is 2. The largest absolute Gasteiger partial charge is 0.514 e. The van der Waals surface area contributed by atoms with Crippen LogP contribution in [-0.2, 0) is 32.6 Å². The summed E-state index contributed by atoms with van der Waals surface area (Å²) < 4.78 is 41.3. The Morgan fingerprint density at radius 2 is 1.84 bits per heavy atom. The van der Waals surface area contributed by atoms with Crippen molar-refractivity contribution >= 4 is 23.9 Å². The number of piperazine rings is 1. The molecule has 1 spiro atoms. The molecule has 0 aliphatic carbocycles. The number of aromatic hydroxyl groups is 2. The van der Waals surface area contributed by atoms with Gasteiger partial charge in [-0.15, -0.1) is 18.3 Å². The van der Waals surface area contributed by atoms with Crippen molar-refractivity contribution in [1.29, 1.82) is 5.26 Å². The summed E-state index contributed by atoms with van der Waals surface area (Å²) in [7, 11) is 2.99. The number of carbonyl (C=O) groups is 2. The number of methoxy groups -OCH3 is 2. The van der Waals surface area contributed by atoms with Gasteiger partial charge in [0.2, 0.25) is 6.79 Å². The third-order valence-corrected chi connectivity index (χ3v) is 14.4. The van der Waals surface area contributed by atoms with Crippen LogP contribution < -0.4 is 29.0 Å². The second kappa shape index (κ2) is 14.9. The number of hydrogen-bond acceptors (Lipinski definition) is 16. The first-order valence-corrected chi connectivity index (χ1v) is 21.5. The predicted octanol–water partition coefficient (Wildman–Crippen LogP) is 5.93. The molecule has 0 radical (unpaired) electrons. The van der Waals surface area contributed by atoms with Gasteiger partial charge in [-0.1, -0.05) is 12.1 Å². The lowest BCUT2D eigenvalue weighted by Gasteiger charge is -2.62. The van der Waals surface area contributed by atoms with Crippen LogP contribution in [0.15, 0.2) is 30.9 Å². The number of carbonyl (C=O) groups excluding carboxylic acids is 2. The molecule has 0 amide bonds. The lowest BCUT2D eigenvalue weighted by Crippen LogP contribution is -2.70. The van der Waals surface area contributed by atoms with Gasteiger partial charge in [-0.05, 0) is 81.8 Å². The van der Waals surface area contributed by atoms with Crippen molar-refractivity contribution in [1.82, 2.24) is 15.1 Å². The van der Waals surface area contributed by atoms with Crippen LogP contribution in [0.2, 0.25) is 0 Å². The van der Waals surface area contributed by atoms with Crippen molar-refractivity contribution in [2.24, 2.45) is 0 Å². The molecule has 3 N–H and O–H groups in total. The van der Waals surface area contributed by atoms with Crippen LogP contribution in [0.1, 0.15) is 82.6 Å². The minimum Gasteiger partial charge on any atom is -0.507 e. The van der Waals surface area contributed by atoms with Crippen molar-refractivity contribution in [2.45, 2.75) is 94.1 Å². The Labute approximate surface area is 358 Å². The van der Waals surface area contributed by atoms with Crippen LogP contribution in [0.3, 0.4) is 0 Å². The molecular formula is C45H50N4O11S. The van der Waals surface area contributed by atoms with E-state index in [1.165, 1.54) is 26.0 Å². The van der Waals surface area contributed by atoms with Crippen LogP contribution in [0.5, 0.6) is 40.2 Å². The maximum atomic E-state index is 15.0. The summed E-state index contributed by atoms with van der Waals surface area (Å²) in [5.41, 5.74) is 3.21. The maximum absolute atomic E-state index is 15.0. The van der Waals surface area contributed by atoms with Crippen LogP contribution >= 0.6 is 11.8 Å². The number of ether oxygens (including phenoxy) is 7. The van der Waals surface area contributed by atoms with E-state index in [0.29, 0.717) is 71.0 Å². The second-order valence-corrected chi connectivity index (χ2v) is 18.5. The fourth-order valence-corrected chi connectivity index (χ4v) is 12.3. The normalized spacial score (nSPS) is 27.4. The van der Waals surface area contributed by atoms with E-state index in [4.69, 9.17) is 33.2 Å². The van der Waals surface area contributed by atoms with E-state index in [1.54, 1.807) is 39.8 Å². The second-order valence-electron chi connectivity index (χ2n) is 17.4. The number of aryl methyl sites for hydroxylation is 1. The monoisotopic (exact) mass is 854 g/mol. The predicted molar refractivity (Wildman–Crippen MR) is 223 cm³/mol. The molecule has 16 heteroatoms. The van der Waals surface area contributed by atoms with E-state index in [-0.39, 0.29) is 48.2 Å².